The first-order valence-electron chi connectivity index (χ1n) is 8.28. The molecule has 0 saturated heterocycles. The normalized spacial score (nSPS) is 12.3. The summed E-state index contributed by atoms with van der Waals surface area (Å²) in [6, 6.07) is 9.53. The van der Waals surface area contributed by atoms with Crippen molar-refractivity contribution in [1.82, 2.24) is 0 Å². The number of anilines is 2. The van der Waals surface area contributed by atoms with E-state index in [0.29, 0.717) is 5.69 Å². The Morgan fingerprint density at radius 2 is 1.34 bits per heavy atom. The van der Waals surface area contributed by atoms with Gasteiger partial charge < -0.3 is 15.5 Å². The predicted octanol–water partition coefficient (Wildman–Crippen LogP) is 3.66. The fraction of sp³-hybridized carbons (Fsp3) is 0. The average Bonchev–Trinajstić information content (AvgIpc) is 2.68. The summed E-state index contributed by atoms with van der Waals surface area (Å²) in [7, 11) is 0. The van der Waals surface area contributed by atoms with Gasteiger partial charge in [0.1, 0.15) is 22.9 Å². The minimum absolute atomic E-state index is 0.0889. The number of nitrogens with zero attached hydrogens (tertiary/aromatic N) is 1. The van der Waals surface area contributed by atoms with Crippen molar-refractivity contribution in [1.29, 1.82) is 0 Å². The summed E-state index contributed by atoms with van der Waals surface area (Å²) in [4.78, 5) is 36.7. The Bertz CT molecular complexity index is 1220. The predicted molar refractivity (Wildman–Crippen MR) is 99.4 cm³/mol. The molecule has 144 valence electrons. The van der Waals surface area contributed by atoms with Crippen LogP contribution in [0.15, 0.2) is 48.5 Å². The largest absolute Gasteiger partial charge is 0.507 e. The van der Waals surface area contributed by atoms with Crippen LogP contribution in [0.2, 0.25) is 0 Å². The molecule has 0 saturated carbocycles. The molecule has 3 aromatic carbocycles. The van der Waals surface area contributed by atoms with Crippen LogP contribution in [-0.2, 0) is 0 Å². The zero-order valence-electron chi connectivity index (χ0n) is 14.5. The quantitative estimate of drug-likeness (QED) is 0.275. The molecule has 29 heavy (non-hydrogen) atoms. The van der Waals surface area contributed by atoms with Crippen LogP contribution < -0.4 is 5.32 Å². The summed E-state index contributed by atoms with van der Waals surface area (Å²) >= 11 is 0. The number of rotatable bonds is 3. The number of aromatic hydroxyl groups is 2. The lowest BCUT2D eigenvalue weighted by Crippen LogP contribution is -2.23. The van der Waals surface area contributed by atoms with Crippen molar-refractivity contribution in [2.45, 2.75) is 0 Å². The molecule has 1 aliphatic rings. The summed E-state index contributed by atoms with van der Waals surface area (Å²) < 4.78 is 13.1. The number of carbonyl (C=O) groups excluding carboxylic acids is 2. The molecule has 9 heteroatoms. The number of nitro benzene ring substituents is 1. The van der Waals surface area contributed by atoms with Gasteiger partial charge in [0.15, 0.2) is 0 Å². The molecular weight excluding hydrogens is 383 g/mol. The second-order valence-corrected chi connectivity index (χ2v) is 6.28. The average molecular weight is 394 g/mol. The minimum atomic E-state index is -0.920. The van der Waals surface area contributed by atoms with E-state index in [-0.39, 0.29) is 16.8 Å². The number of fused-ring (bicyclic) bond motifs is 2. The molecule has 0 unspecified atom stereocenters. The molecule has 0 spiro atoms. The van der Waals surface area contributed by atoms with Gasteiger partial charge in [-0.1, -0.05) is 0 Å². The van der Waals surface area contributed by atoms with E-state index in [1.807, 2.05) is 0 Å². The van der Waals surface area contributed by atoms with Gasteiger partial charge in [-0.15, -0.1) is 0 Å². The molecule has 0 fully saturated rings. The number of hydrogen-bond donors (Lipinski definition) is 3. The van der Waals surface area contributed by atoms with Crippen LogP contribution in [0.1, 0.15) is 31.8 Å². The Labute approximate surface area is 162 Å². The first-order chi connectivity index (χ1) is 13.8. The highest BCUT2D eigenvalue weighted by Gasteiger charge is 2.40. The first-order valence-corrected chi connectivity index (χ1v) is 8.28. The second kappa shape index (κ2) is 6.41. The number of benzene rings is 3. The molecular formula is C20H11FN2O6. The molecule has 0 aliphatic heterocycles. The maximum absolute atomic E-state index is 13.2. The number of nitro groups is 1. The smallest absolute Gasteiger partial charge is 0.281 e. The number of hydrogen-bond acceptors (Lipinski definition) is 7. The van der Waals surface area contributed by atoms with E-state index >= 15 is 0 Å². The van der Waals surface area contributed by atoms with Crippen LogP contribution in [0, 0.1) is 15.9 Å². The molecule has 0 aromatic heterocycles. The van der Waals surface area contributed by atoms with E-state index < -0.39 is 50.6 Å². The highest BCUT2D eigenvalue weighted by molar-refractivity contribution is 6.33. The summed E-state index contributed by atoms with van der Waals surface area (Å²) in [5.74, 6) is -3.42. The van der Waals surface area contributed by atoms with Gasteiger partial charge in [0.25, 0.3) is 5.69 Å². The van der Waals surface area contributed by atoms with Crippen molar-refractivity contribution in [3.8, 4) is 11.5 Å². The summed E-state index contributed by atoms with van der Waals surface area (Å²) in [6.07, 6.45) is 0. The molecule has 4 rings (SSSR count). The van der Waals surface area contributed by atoms with Gasteiger partial charge >= 0.3 is 0 Å². The molecule has 1 aliphatic carbocycles. The first kappa shape index (κ1) is 18.1. The molecule has 0 heterocycles. The van der Waals surface area contributed by atoms with Crippen molar-refractivity contribution in [3.05, 3.63) is 86.7 Å². The minimum Gasteiger partial charge on any atom is -0.507 e. The lowest BCUT2D eigenvalue weighted by atomic mass is 9.81. The maximum atomic E-state index is 13.2. The van der Waals surface area contributed by atoms with Crippen molar-refractivity contribution >= 4 is 28.6 Å². The highest BCUT2D eigenvalue weighted by atomic mass is 19.1. The van der Waals surface area contributed by atoms with E-state index in [1.165, 1.54) is 36.4 Å². The highest BCUT2D eigenvalue weighted by Crippen LogP contribution is 2.43. The van der Waals surface area contributed by atoms with Gasteiger partial charge in [-0.05, 0) is 42.5 Å². The van der Waals surface area contributed by atoms with Crippen LogP contribution in [0.5, 0.6) is 11.5 Å². The Kier molecular flexibility index (Phi) is 4.00. The van der Waals surface area contributed by atoms with Gasteiger partial charge in [0.05, 0.1) is 27.3 Å². The van der Waals surface area contributed by atoms with E-state index in [2.05, 4.69) is 5.32 Å². The monoisotopic (exact) mass is 394 g/mol. The molecule has 8 nitrogen and oxygen atoms in total. The fourth-order valence-corrected chi connectivity index (χ4v) is 3.29. The van der Waals surface area contributed by atoms with Crippen LogP contribution in [0.25, 0.3) is 0 Å². The number of ketones is 2. The summed E-state index contributed by atoms with van der Waals surface area (Å²) in [5.41, 5.74) is -1.92. The molecule has 3 aromatic rings. The topological polar surface area (TPSA) is 130 Å². The lowest BCUT2D eigenvalue weighted by Gasteiger charge is -2.22. The van der Waals surface area contributed by atoms with Gasteiger partial charge in [-0.3, -0.25) is 19.7 Å². The Hall–Kier alpha value is -4.27. The number of phenols is 2. The summed E-state index contributed by atoms with van der Waals surface area (Å²) in [6.45, 7) is 0. The van der Waals surface area contributed by atoms with E-state index in [1.54, 1.807) is 0 Å². The number of halogens is 1. The third-order valence-electron chi connectivity index (χ3n) is 4.57. The Morgan fingerprint density at radius 3 is 1.97 bits per heavy atom. The zero-order valence-corrected chi connectivity index (χ0v) is 14.5. The number of nitrogens with one attached hydrogen (secondary N) is 1. The fourth-order valence-electron chi connectivity index (χ4n) is 3.29. The van der Waals surface area contributed by atoms with Crippen LogP contribution in [0.4, 0.5) is 21.5 Å². The number of carbonyl (C=O) groups is 2. The van der Waals surface area contributed by atoms with Gasteiger partial charge in [-0.2, -0.15) is 0 Å². The molecule has 0 amide bonds. The number of phenolic OH excluding ortho intramolecular Hbond substituents is 2. The van der Waals surface area contributed by atoms with Gasteiger partial charge in [0.2, 0.25) is 11.6 Å². The molecule has 0 atom stereocenters. The van der Waals surface area contributed by atoms with Crippen molar-refractivity contribution < 1.29 is 29.1 Å². The third-order valence-corrected chi connectivity index (χ3v) is 4.57. The van der Waals surface area contributed by atoms with E-state index in [9.17, 15) is 34.3 Å². The molecule has 0 bridgehead atoms. The Balaban J connectivity index is 1.96. The maximum Gasteiger partial charge on any atom is 0.281 e. The van der Waals surface area contributed by atoms with Crippen molar-refractivity contribution in [2.75, 3.05) is 5.32 Å². The third kappa shape index (κ3) is 2.76. The van der Waals surface area contributed by atoms with Gasteiger partial charge in [0, 0.05) is 11.8 Å². The van der Waals surface area contributed by atoms with Crippen molar-refractivity contribution in [3.63, 3.8) is 0 Å². The van der Waals surface area contributed by atoms with E-state index in [0.717, 1.165) is 12.1 Å². The SMILES string of the molecule is O=C1c2c(O)ccc(Nc3ccc(F)cc3)c2C(=O)c2c([N+](=O)[O-])ccc(O)c21. The second-order valence-electron chi connectivity index (χ2n) is 6.28. The van der Waals surface area contributed by atoms with Crippen LogP contribution in [0.3, 0.4) is 0 Å². The molecule has 0 radical (unpaired) electrons. The molecule has 3 N–H and O–H groups in total. The van der Waals surface area contributed by atoms with Gasteiger partial charge in [-0.25, -0.2) is 4.39 Å². The zero-order chi connectivity index (χ0) is 20.9. The summed E-state index contributed by atoms with van der Waals surface area (Å²) in [5, 5.41) is 34.5. The Morgan fingerprint density at radius 1 is 0.793 bits per heavy atom. The lowest BCUT2D eigenvalue weighted by molar-refractivity contribution is -0.385. The van der Waals surface area contributed by atoms with Crippen LogP contribution >= 0.6 is 0 Å². The van der Waals surface area contributed by atoms with E-state index in [4.69, 9.17) is 0 Å². The van der Waals surface area contributed by atoms with Crippen molar-refractivity contribution in [2.24, 2.45) is 0 Å². The van der Waals surface area contributed by atoms with Crippen LogP contribution in [-0.4, -0.2) is 26.7 Å². The standard InChI is InChI=1S/C20H11FN2O6/c21-9-1-3-10(4-2-9)22-11-5-7-13(24)17-15(11)19(26)16-12(23(28)29)6-8-14(25)18(16)20(17)27/h1-8,22,24-25H.